The average Bonchev–Trinajstić information content (AvgIpc) is 2.72. The quantitative estimate of drug-likeness (QED) is 0.234. The molecule has 0 aromatic heterocycles. The number of ether oxygens (including phenoxy) is 4. The van der Waals surface area contributed by atoms with Crippen LogP contribution in [0.1, 0.15) is 26.7 Å². The first-order valence-electron chi connectivity index (χ1n) is 9.38. The number of carbonyl (C=O) groups is 2. The molecule has 29 heavy (non-hydrogen) atoms. The lowest BCUT2D eigenvalue weighted by molar-refractivity contribution is 0.0984. The molecular formula is C22H21BrO6. The monoisotopic (exact) mass is 460 g/mol. The Bertz CT molecular complexity index is 1050. The van der Waals surface area contributed by atoms with E-state index in [4.69, 9.17) is 18.9 Å². The Labute approximate surface area is 176 Å². The highest BCUT2D eigenvalue weighted by atomic mass is 79.9. The van der Waals surface area contributed by atoms with E-state index < -0.39 is 12.3 Å². The summed E-state index contributed by atoms with van der Waals surface area (Å²) < 4.78 is 22.1. The molecule has 0 radical (unpaired) electrons. The molecule has 3 aromatic carbocycles. The van der Waals surface area contributed by atoms with Gasteiger partial charge >= 0.3 is 12.3 Å². The predicted molar refractivity (Wildman–Crippen MR) is 114 cm³/mol. The standard InChI is InChI=1S/C22H21BrO6/c1-3-11-26-21(24)28-19-15-7-5-6-8-16(15)20(29-22(25)27-12-4-2)18-13-14(23)9-10-17(18)19/h5-10,13H,3-4,11-12H2,1-2H3. The van der Waals surface area contributed by atoms with Crippen LogP contribution in [-0.4, -0.2) is 25.5 Å². The zero-order chi connectivity index (χ0) is 20.8. The van der Waals surface area contributed by atoms with Gasteiger partial charge < -0.3 is 18.9 Å². The molecule has 152 valence electrons. The fraction of sp³-hybridized carbons (Fsp3) is 0.273. The fourth-order valence-corrected chi connectivity index (χ4v) is 3.25. The van der Waals surface area contributed by atoms with Crippen LogP contribution in [0.25, 0.3) is 21.5 Å². The van der Waals surface area contributed by atoms with Crippen molar-refractivity contribution < 1.29 is 28.5 Å². The van der Waals surface area contributed by atoms with Gasteiger partial charge in [0.1, 0.15) is 5.75 Å². The van der Waals surface area contributed by atoms with Crippen LogP contribution < -0.4 is 9.47 Å². The van der Waals surface area contributed by atoms with Crippen LogP contribution in [0.3, 0.4) is 0 Å². The van der Waals surface area contributed by atoms with E-state index >= 15 is 0 Å². The van der Waals surface area contributed by atoms with E-state index in [1.54, 1.807) is 24.3 Å². The molecule has 0 saturated heterocycles. The number of hydrogen-bond acceptors (Lipinski definition) is 6. The molecule has 0 unspecified atom stereocenters. The third-order valence-electron chi connectivity index (χ3n) is 4.11. The zero-order valence-corrected chi connectivity index (χ0v) is 17.8. The number of fused-ring (bicyclic) bond motifs is 2. The van der Waals surface area contributed by atoms with Crippen molar-refractivity contribution >= 4 is 49.8 Å². The summed E-state index contributed by atoms with van der Waals surface area (Å²) in [6.45, 7) is 4.34. The Morgan fingerprint density at radius 1 is 0.759 bits per heavy atom. The molecule has 0 amide bonds. The van der Waals surface area contributed by atoms with Gasteiger partial charge in [0.2, 0.25) is 0 Å². The topological polar surface area (TPSA) is 71.1 Å². The van der Waals surface area contributed by atoms with E-state index in [0.717, 1.165) is 4.47 Å². The van der Waals surface area contributed by atoms with Gasteiger partial charge in [0.05, 0.1) is 13.2 Å². The van der Waals surface area contributed by atoms with Crippen LogP contribution >= 0.6 is 15.9 Å². The smallest absolute Gasteiger partial charge is 0.434 e. The second-order valence-electron chi connectivity index (χ2n) is 6.29. The highest BCUT2D eigenvalue weighted by Gasteiger charge is 2.21. The Morgan fingerprint density at radius 3 is 1.76 bits per heavy atom. The summed E-state index contributed by atoms with van der Waals surface area (Å²) in [5.74, 6) is 0.686. The summed E-state index contributed by atoms with van der Waals surface area (Å²) in [5.41, 5.74) is 0. The first-order chi connectivity index (χ1) is 14.0. The molecule has 0 atom stereocenters. The summed E-state index contributed by atoms with van der Waals surface area (Å²) in [4.78, 5) is 24.3. The Hall–Kier alpha value is -2.80. The molecule has 0 aliphatic carbocycles. The zero-order valence-electron chi connectivity index (χ0n) is 16.2. The largest absolute Gasteiger partial charge is 0.513 e. The lowest BCUT2D eigenvalue weighted by Gasteiger charge is -2.16. The van der Waals surface area contributed by atoms with Crippen molar-refractivity contribution in [3.63, 3.8) is 0 Å². The predicted octanol–water partition coefficient (Wildman–Crippen LogP) is 6.61. The van der Waals surface area contributed by atoms with Crippen LogP contribution in [-0.2, 0) is 9.47 Å². The second-order valence-corrected chi connectivity index (χ2v) is 7.21. The number of benzene rings is 3. The Balaban J connectivity index is 2.17. The SMILES string of the molecule is CCCOC(=O)Oc1c2ccccc2c(OC(=O)OCCC)c2cc(Br)ccc12. The van der Waals surface area contributed by atoms with Crippen LogP contribution in [0, 0.1) is 0 Å². The van der Waals surface area contributed by atoms with E-state index in [1.165, 1.54) is 0 Å². The van der Waals surface area contributed by atoms with Crippen molar-refractivity contribution in [2.24, 2.45) is 0 Å². The minimum absolute atomic E-state index is 0.267. The third-order valence-corrected chi connectivity index (χ3v) is 4.60. The summed E-state index contributed by atoms with van der Waals surface area (Å²) in [6, 6.07) is 12.6. The summed E-state index contributed by atoms with van der Waals surface area (Å²) >= 11 is 3.44. The normalized spacial score (nSPS) is 10.7. The van der Waals surface area contributed by atoms with Gasteiger partial charge in [0, 0.05) is 26.0 Å². The van der Waals surface area contributed by atoms with E-state index in [2.05, 4.69) is 15.9 Å². The number of hydrogen-bond donors (Lipinski definition) is 0. The van der Waals surface area contributed by atoms with Crippen molar-refractivity contribution in [2.75, 3.05) is 13.2 Å². The van der Waals surface area contributed by atoms with Crippen LogP contribution in [0.2, 0.25) is 0 Å². The van der Waals surface area contributed by atoms with E-state index in [-0.39, 0.29) is 13.2 Å². The molecule has 0 fully saturated rings. The molecule has 0 heterocycles. The summed E-state index contributed by atoms with van der Waals surface area (Å²) in [5, 5.41) is 2.45. The molecule has 0 aliphatic rings. The molecule has 3 aromatic rings. The van der Waals surface area contributed by atoms with Crippen molar-refractivity contribution in [1.82, 2.24) is 0 Å². The molecule has 0 bridgehead atoms. The van der Waals surface area contributed by atoms with Gasteiger partial charge in [-0.15, -0.1) is 0 Å². The molecular weight excluding hydrogens is 440 g/mol. The Morgan fingerprint density at radius 2 is 1.24 bits per heavy atom. The first kappa shape index (κ1) is 20.9. The molecule has 0 aliphatic heterocycles. The van der Waals surface area contributed by atoms with Gasteiger partial charge in [0.25, 0.3) is 0 Å². The van der Waals surface area contributed by atoms with Gasteiger partial charge in [-0.05, 0) is 31.0 Å². The first-order valence-corrected chi connectivity index (χ1v) is 10.2. The van der Waals surface area contributed by atoms with E-state index in [9.17, 15) is 9.59 Å². The van der Waals surface area contributed by atoms with Crippen molar-refractivity contribution in [2.45, 2.75) is 26.7 Å². The minimum Gasteiger partial charge on any atom is -0.434 e. The molecule has 0 N–H and O–H groups in total. The van der Waals surface area contributed by atoms with Crippen LogP contribution in [0.4, 0.5) is 9.59 Å². The van der Waals surface area contributed by atoms with Crippen molar-refractivity contribution in [1.29, 1.82) is 0 Å². The molecule has 7 heteroatoms. The second kappa shape index (κ2) is 9.60. The van der Waals surface area contributed by atoms with E-state index in [0.29, 0.717) is 45.9 Å². The fourth-order valence-electron chi connectivity index (χ4n) is 2.89. The lowest BCUT2D eigenvalue weighted by Crippen LogP contribution is -2.13. The van der Waals surface area contributed by atoms with Gasteiger partial charge in [-0.25, -0.2) is 9.59 Å². The molecule has 0 saturated carbocycles. The van der Waals surface area contributed by atoms with Gasteiger partial charge in [-0.2, -0.15) is 0 Å². The Kier molecular flexibility index (Phi) is 6.93. The molecule has 0 spiro atoms. The highest BCUT2D eigenvalue weighted by Crippen LogP contribution is 2.43. The number of carbonyl (C=O) groups excluding carboxylic acids is 2. The van der Waals surface area contributed by atoms with Crippen molar-refractivity contribution in [3.8, 4) is 11.5 Å². The summed E-state index contributed by atoms with van der Waals surface area (Å²) in [6.07, 6.45) is -0.183. The maximum Gasteiger partial charge on any atom is 0.513 e. The third kappa shape index (κ3) is 4.79. The average molecular weight is 461 g/mol. The van der Waals surface area contributed by atoms with Gasteiger partial charge in [-0.1, -0.05) is 54.0 Å². The minimum atomic E-state index is -0.783. The van der Waals surface area contributed by atoms with Crippen molar-refractivity contribution in [3.05, 3.63) is 46.9 Å². The van der Waals surface area contributed by atoms with Gasteiger partial charge in [-0.3, -0.25) is 0 Å². The van der Waals surface area contributed by atoms with Crippen LogP contribution in [0.5, 0.6) is 11.5 Å². The van der Waals surface area contributed by atoms with Gasteiger partial charge in [0.15, 0.2) is 5.75 Å². The number of halogens is 1. The molecule has 6 nitrogen and oxygen atoms in total. The maximum absolute atomic E-state index is 12.2. The highest BCUT2D eigenvalue weighted by molar-refractivity contribution is 9.10. The number of rotatable bonds is 6. The maximum atomic E-state index is 12.2. The lowest BCUT2D eigenvalue weighted by atomic mass is 10.0. The van der Waals surface area contributed by atoms with Crippen LogP contribution in [0.15, 0.2) is 46.9 Å². The summed E-state index contributed by atoms with van der Waals surface area (Å²) in [7, 11) is 0. The molecule has 3 rings (SSSR count). The van der Waals surface area contributed by atoms with E-state index in [1.807, 2.05) is 32.0 Å².